The van der Waals surface area contributed by atoms with Gasteiger partial charge in [-0.25, -0.2) is 9.78 Å². The summed E-state index contributed by atoms with van der Waals surface area (Å²) in [6.45, 7) is 1.39. The molecule has 0 fully saturated rings. The SMILES string of the molecule is CC(C(=O)O)N(C)C(=O)c1nc(Cl)ccc1Cl. The molecule has 0 aliphatic heterocycles. The quantitative estimate of drug-likeness (QED) is 0.857. The average Bonchev–Trinajstić information content (AvgIpc) is 2.29. The highest BCUT2D eigenvalue weighted by Crippen LogP contribution is 2.18. The molecule has 7 heteroatoms. The van der Waals surface area contributed by atoms with Crippen molar-refractivity contribution in [1.82, 2.24) is 9.88 Å². The van der Waals surface area contributed by atoms with Crippen LogP contribution in [0.1, 0.15) is 17.4 Å². The lowest BCUT2D eigenvalue weighted by Gasteiger charge is -2.21. The lowest BCUT2D eigenvalue weighted by atomic mass is 10.2. The van der Waals surface area contributed by atoms with E-state index in [4.69, 9.17) is 28.3 Å². The molecule has 0 saturated heterocycles. The first-order valence-electron chi connectivity index (χ1n) is 4.66. The van der Waals surface area contributed by atoms with Gasteiger partial charge in [-0.2, -0.15) is 0 Å². The fraction of sp³-hybridized carbons (Fsp3) is 0.300. The Morgan fingerprint density at radius 2 is 2.00 bits per heavy atom. The van der Waals surface area contributed by atoms with Crippen molar-refractivity contribution in [2.45, 2.75) is 13.0 Å². The minimum absolute atomic E-state index is 0.0604. The van der Waals surface area contributed by atoms with Crippen molar-refractivity contribution < 1.29 is 14.7 Å². The molecular weight excluding hydrogens is 267 g/mol. The molecule has 0 aliphatic rings. The van der Waals surface area contributed by atoms with E-state index in [9.17, 15) is 9.59 Å². The zero-order valence-corrected chi connectivity index (χ0v) is 10.7. The van der Waals surface area contributed by atoms with Gasteiger partial charge in [0.1, 0.15) is 16.9 Å². The Kier molecular flexibility index (Phi) is 4.31. The molecule has 0 aromatic carbocycles. The number of carbonyl (C=O) groups excluding carboxylic acids is 1. The molecule has 0 bridgehead atoms. The molecule has 1 aromatic heterocycles. The number of likely N-dealkylation sites (N-methyl/N-ethyl adjacent to an activating group) is 1. The van der Waals surface area contributed by atoms with E-state index in [0.29, 0.717) is 0 Å². The van der Waals surface area contributed by atoms with Gasteiger partial charge in [0, 0.05) is 7.05 Å². The van der Waals surface area contributed by atoms with E-state index in [0.717, 1.165) is 4.90 Å². The van der Waals surface area contributed by atoms with Crippen LogP contribution < -0.4 is 0 Å². The molecule has 0 aliphatic carbocycles. The van der Waals surface area contributed by atoms with Gasteiger partial charge >= 0.3 is 5.97 Å². The number of amides is 1. The molecular formula is C10H10Cl2N2O3. The molecule has 1 aromatic rings. The summed E-state index contributed by atoms with van der Waals surface area (Å²) in [6.07, 6.45) is 0. The third kappa shape index (κ3) is 3.08. The number of nitrogens with zero attached hydrogens (tertiary/aromatic N) is 2. The first-order valence-corrected chi connectivity index (χ1v) is 5.42. The second-order valence-electron chi connectivity index (χ2n) is 3.39. The molecule has 0 saturated carbocycles. The molecule has 0 spiro atoms. The third-order valence-electron chi connectivity index (χ3n) is 2.27. The fourth-order valence-electron chi connectivity index (χ4n) is 1.08. The molecule has 1 unspecified atom stereocenters. The summed E-state index contributed by atoms with van der Waals surface area (Å²) in [5.41, 5.74) is -0.0604. The van der Waals surface area contributed by atoms with E-state index >= 15 is 0 Å². The summed E-state index contributed by atoms with van der Waals surface area (Å²) in [4.78, 5) is 27.5. The van der Waals surface area contributed by atoms with Crippen molar-refractivity contribution in [2.75, 3.05) is 7.05 Å². The minimum atomic E-state index is -1.11. The molecule has 5 nitrogen and oxygen atoms in total. The molecule has 1 amide bonds. The van der Waals surface area contributed by atoms with Crippen molar-refractivity contribution >= 4 is 35.1 Å². The summed E-state index contributed by atoms with van der Waals surface area (Å²) in [5, 5.41) is 9.05. The van der Waals surface area contributed by atoms with Crippen molar-refractivity contribution in [3.05, 3.63) is 28.0 Å². The summed E-state index contributed by atoms with van der Waals surface area (Å²) < 4.78 is 0. The molecule has 1 atom stereocenters. The van der Waals surface area contributed by atoms with Crippen molar-refractivity contribution in [3.8, 4) is 0 Å². The predicted octanol–water partition coefficient (Wildman–Crippen LogP) is 1.93. The second kappa shape index (κ2) is 5.33. The number of rotatable bonds is 3. The molecule has 1 rings (SSSR count). The van der Waals surface area contributed by atoms with Crippen LogP contribution in [0.4, 0.5) is 0 Å². The predicted molar refractivity (Wildman–Crippen MR) is 63.4 cm³/mol. The first-order chi connectivity index (χ1) is 7.84. The minimum Gasteiger partial charge on any atom is -0.480 e. The van der Waals surface area contributed by atoms with Gasteiger partial charge < -0.3 is 10.0 Å². The van der Waals surface area contributed by atoms with Crippen molar-refractivity contribution in [3.63, 3.8) is 0 Å². The van der Waals surface area contributed by atoms with Crippen LogP contribution >= 0.6 is 23.2 Å². The van der Waals surface area contributed by atoms with Crippen LogP contribution in [-0.4, -0.2) is 40.0 Å². The second-order valence-corrected chi connectivity index (χ2v) is 4.19. The monoisotopic (exact) mass is 276 g/mol. The van der Waals surface area contributed by atoms with Crippen molar-refractivity contribution in [1.29, 1.82) is 0 Å². The number of pyridine rings is 1. The Bertz CT molecular complexity index is 465. The van der Waals surface area contributed by atoms with Crippen LogP contribution in [-0.2, 0) is 4.79 Å². The van der Waals surface area contributed by atoms with Crippen LogP contribution in [0.5, 0.6) is 0 Å². The molecule has 1 N–H and O–H groups in total. The summed E-state index contributed by atoms with van der Waals surface area (Å²) in [5.74, 6) is -1.70. The Hall–Kier alpha value is -1.33. The lowest BCUT2D eigenvalue weighted by Crippen LogP contribution is -2.40. The molecule has 1 heterocycles. The third-order valence-corrected chi connectivity index (χ3v) is 2.79. The van der Waals surface area contributed by atoms with Crippen LogP contribution in [0, 0.1) is 0 Å². The number of carboxylic acid groups (broad SMARTS) is 1. The number of aliphatic carboxylic acids is 1. The Morgan fingerprint density at radius 3 is 2.53 bits per heavy atom. The zero-order chi connectivity index (χ0) is 13.2. The van der Waals surface area contributed by atoms with Crippen molar-refractivity contribution in [2.24, 2.45) is 0 Å². The van der Waals surface area contributed by atoms with Crippen LogP contribution in [0.3, 0.4) is 0 Å². The smallest absolute Gasteiger partial charge is 0.326 e. The topological polar surface area (TPSA) is 70.5 Å². The van der Waals surface area contributed by atoms with Crippen LogP contribution in [0.15, 0.2) is 12.1 Å². The number of halogens is 2. The van der Waals surface area contributed by atoms with Gasteiger partial charge in [0.05, 0.1) is 5.02 Å². The Morgan fingerprint density at radius 1 is 1.41 bits per heavy atom. The molecule has 92 valence electrons. The maximum absolute atomic E-state index is 11.9. The number of hydrogen-bond donors (Lipinski definition) is 1. The van der Waals surface area contributed by atoms with E-state index in [1.165, 1.54) is 26.1 Å². The highest BCUT2D eigenvalue weighted by atomic mass is 35.5. The Labute approximate surface area is 108 Å². The number of carboxylic acids is 1. The maximum atomic E-state index is 11.9. The van der Waals surface area contributed by atoms with Crippen LogP contribution in [0.25, 0.3) is 0 Å². The summed E-state index contributed by atoms with van der Waals surface area (Å²) >= 11 is 11.5. The molecule has 17 heavy (non-hydrogen) atoms. The normalized spacial score (nSPS) is 12.0. The molecule has 0 radical (unpaired) electrons. The van der Waals surface area contributed by atoms with E-state index in [-0.39, 0.29) is 15.9 Å². The Balaban J connectivity index is 3.04. The maximum Gasteiger partial charge on any atom is 0.326 e. The zero-order valence-electron chi connectivity index (χ0n) is 9.15. The van der Waals surface area contributed by atoms with E-state index in [2.05, 4.69) is 4.98 Å². The fourth-order valence-corrected chi connectivity index (χ4v) is 1.41. The number of carbonyl (C=O) groups is 2. The van der Waals surface area contributed by atoms with E-state index in [1.807, 2.05) is 0 Å². The van der Waals surface area contributed by atoms with Crippen LogP contribution in [0.2, 0.25) is 10.2 Å². The largest absolute Gasteiger partial charge is 0.480 e. The van der Waals surface area contributed by atoms with Gasteiger partial charge in [0.2, 0.25) is 0 Å². The highest BCUT2D eigenvalue weighted by molar-refractivity contribution is 6.34. The van der Waals surface area contributed by atoms with Gasteiger partial charge in [-0.1, -0.05) is 23.2 Å². The van der Waals surface area contributed by atoms with Gasteiger partial charge in [0.15, 0.2) is 0 Å². The summed E-state index contributed by atoms with van der Waals surface area (Å²) in [6, 6.07) is 1.91. The first kappa shape index (κ1) is 13.7. The number of aromatic nitrogens is 1. The average molecular weight is 277 g/mol. The highest BCUT2D eigenvalue weighted by Gasteiger charge is 2.25. The standard InChI is InChI=1S/C10H10Cl2N2O3/c1-5(10(16)17)14(2)9(15)8-6(11)3-4-7(12)13-8/h3-5H,1-2H3,(H,16,17). The van der Waals surface area contributed by atoms with E-state index in [1.54, 1.807) is 0 Å². The van der Waals surface area contributed by atoms with Gasteiger partial charge in [-0.3, -0.25) is 4.79 Å². The number of hydrogen-bond acceptors (Lipinski definition) is 3. The van der Waals surface area contributed by atoms with Gasteiger partial charge in [-0.15, -0.1) is 0 Å². The lowest BCUT2D eigenvalue weighted by molar-refractivity contribution is -0.141. The van der Waals surface area contributed by atoms with Gasteiger partial charge in [0.25, 0.3) is 5.91 Å². The van der Waals surface area contributed by atoms with E-state index < -0.39 is 17.9 Å². The summed E-state index contributed by atoms with van der Waals surface area (Å²) in [7, 11) is 1.36. The van der Waals surface area contributed by atoms with Gasteiger partial charge in [-0.05, 0) is 19.1 Å².